The molecule has 0 fully saturated rings. The average molecular weight is 301 g/mol. The standard InChI is InChI=1S/C16H15NO5/c1-11(18)22-16(15(19)12-5-3-2-4-6-12)13-7-9-14(10-8-13)17(20)21/h2-10,16-17,20H,1H3. The van der Waals surface area contributed by atoms with Crippen molar-refractivity contribution in [3.8, 4) is 0 Å². The van der Waals surface area contributed by atoms with Crippen LogP contribution >= 0.6 is 0 Å². The van der Waals surface area contributed by atoms with Crippen LogP contribution in [-0.2, 0) is 9.53 Å². The van der Waals surface area contributed by atoms with Crippen molar-refractivity contribution in [2.45, 2.75) is 13.0 Å². The molecule has 0 bridgehead atoms. The maximum Gasteiger partial charge on any atom is 0.303 e. The molecule has 0 spiro atoms. The maximum atomic E-state index is 12.5. The van der Waals surface area contributed by atoms with Gasteiger partial charge in [0.05, 0.1) is 0 Å². The van der Waals surface area contributed by atoms with Crippen LogP contribution in [0.15, 0.2) is 54.6 Å². The van der Waals surface area contributed by atoms with E-state index in [0.29, 0.717) is 11.1 Å². The van der Waals surface area contributed by atoms with E-state index in [1.807, 2.05) is 0 Å². The van der Waals surface area contributed by atoms with Crippen molar-refractivity contribution in [2.24, 2.45) is 0 Å². The Balaban J connectivity index is 2.33. The smallest absolute Gasteiger partial charge is 0.303 e. The van der Waals surface area contributed by atoms with E-state index in [0.717, 1.165) is 0 Å². The summed E-state index contributed by atoms with van der Waals surface area (Å²) < 4.78 is 5.12. The predicted molar refractivity (Wildman–Crippen MR) is 77.5 cm³/mol. The lowest BCUT2D eigenvalue weighted by atomic mass is 9.99. The minimum Gasteiger partial charge on any atom is -0.595 e. The summed E-state index contributed by atoms with van der Waals surface area (Å²) in [6.45, 7) is 1.22. The molecule has 2 N–H and O–H groups in total. The summed E-state index contributed by atoms with van der Waals surface area (Å²) in [6, 6.07) is 14.1. The third-order valence-corrected chi connectivity index (χ3v) is 3.04. The molecule has 0 aliphatic heterocycles. The second-order valence-electron chi connectivity index (χ2n) is 4.65. The molecule has 2 aromatic rings. The second-order valence-corrected chi connectivity index (χ2v) is 4.65. The summed E-state index contributed by atoms with van der Waals surface area (Å²) in [4.78, 5) is 23.8. The van der Waals surface area contributed by atoms with Crippen molar-refractivity contribution in [1.29, 1.82) is 0 Å². The van der Waals surface area contributed by atoms with Crippen molar-refractivity contribution in [2.75, 3.05) is 0 Å². The third kappa shape index (κ3) is 3.76. The molecule has 2 atom stereocenters. The Bertz CT molecular complexity index is 652. The predicted octanol–water partition coefficient (Wildman–Crippen LogP) is 1.58. The number of carbonyl (C=O) groups excluding carboxylic acids is 2. The van der Waals surface area contributed by atoms with E-state index < -0.39 is 17.3 Å². The zero-order valence-electron chi connectivity index (χ0n) is 11.9. The van der Waals surface area contributed by atoms with Crippen LogP contribution in [0.5, 0.6) is 0 Å². The number of esters is 1. The first kappa shape index (κ1) is 15.8. The Morgan fingerprint density at radius 3 is 2.18 bits per heavy atom. The number of hydrogen-bond acceptors (Lipinski definition) is 5. The number of rotatable bonds is 5. The Kier molecular flexibility index (Phi) is 5.00. The SMILES string of the molecule is CC(=O)OC(C(=O)c1ccccc1)c1ccc([NH+]([O-])O)cc1. The Labute approximate surface area is 127 Å². The van der Waals surface area contributed by atoms with E-state index in [-0.39, 0.29) is 11.5 Å². The fourth-order valence-corrected chi connectivity index (χ4v) is 1.99. The lowest BCUT2D eigenvalue weighted by Gasteiger charge is -2.17. The topological polar surface area (TPSA) is 91.1 Å². The molecule has 0 saturated heterocycles. The first-order valence-corrected chi connectivity index (χ1v) is 6.59. The molecule has 0 radical (unpaired) electrons. The van der Waals surface area contributed by atoms with E-state index in [1.54, 1.807) is 30.3 Å². The lowest BCUT2D eigenvalue weighted by molar-refractivity contribution is -0.991. The molecule has 0 heterocycles. The quantitative estimate of drug-likeness (QED) is 0.497. The fourth-order valence-electron chi connectivity index (χ4n) is 1.99. The zero-order chi connectivity index (χ0) is 16.1. The van der Waals surface area contributed by atoms with Gasteiger partial charge in [0.1, 0.15) is 0 Å². The molecule has 0 aliphatic carbocycles. The molecule has 0 amide bonds. The molecule has 2 unspecified atom stereocenters. The number of ketones is 1. The van der Waals surface area contributed by atoms with Crippen LogP contribution in [0.25, 0.3) is 0 Å². The fraction of sp³-hybridized carbons (Fsp3) is 0.125. The molecule has 0 aliphatic rings. The lowest BCUT2D eigenvalue weighted by Crippen LogP contribution is -2.99. The minimum absolute atomic E-state index is 0.0949. The van der Waals surface area contributed by atoms with Gasteiger partial charge >= 0.3 is 5.97 Å². The molecule has 2 aromatic carbocycles. The van der Waals surface area contributed by atoms with Crippen molar-refractivity contribution in [3.63, 3.8) is 0 Å². The molecule has 0 saturated carbocycles. The summed E-state index contributed by atoms with van der Waals surface area (Å²) in [5.74, 6) is -0.949. The van der Waals surface area contributed by atoms with E-state index in [1.165, 1.54) is 31.2 Å². The van der Waals surface area contributed by atoms with Crippen LogP contribution in [0.3, 0.4) is 0 Å². The number of carbonyl (C=O) groups is 2. The van der Waals surface area contributed by atoms with Crippen LogP contribution in [0.4, 0.5) is 5.69 Å². The highest BCUT2D eigenvalue weighted by Crippen LogP contribution is 2.23. The number of hydrogen-bond donors (Lipinski definition) is 2. The largest absolute Gasteiger partial charge is 0.595 e. The highest BCUT2D eigenvalue weighted by atomic mass is 16.8. The van der Waals surface area contributed by atoms with E-state index in [2.05, 4.69) is 0 Å². The number of Topliss-reactive ketones (excluding diaryl/α,β-unsaturated/α-hetero) is 1. The van der Waals surface area contributed by atoms with Crippen molar-refractivity contribution < 1.29 is 24.8 Å². The normalized spacial score (nSPS) is 13.2. The number of quaternary nitrogens is 1. The molecular weight excluding hydrogens is 286 g/mol. The van der Waals surface area contributed by atoms with Gasteiger partial charge in [0.15, 0.2) is 11.8 Å². The van der Waals surface area contributed by atoms with E-state index >= 15 is 0 Å². The summed E-state index contributed by atoms with van der Waals surface area (Å²) in [5.41, 5.74) is 0.933. The molecular formula is C16H15NO5. The summed E-state index contributed by atoms with van der Waals surface area (Å²) in [7, 11) is 0. The van der Waals surface area contributed by atoms with Crippen LogP contribution in [0.2, 0.25) is 0 Å². The Morgan fingerprint density at radius 1 is 1.09 bits per heavy atom. The van der Waals surface area contributed by atoms with Gasteiger partial charge in [-0.05, 0) is 12.1 Å². The number of benzene rings is 2. The molecule has 22 heavy (non-hydrogen) atoms. The van der Waals surface area contributed by atoms with Gasteiger partial charge in [-0.2, -0.15) is 5.23 Å². The van der Waals surface area contributed by atoms with Gasteiger partial charge in [-0.3, -0.25) is 9.59 Å². The van der Waals surface area contributed by atoms with Gasteiger partial charge in [-0.1, -0.05) is 30.3 Å². The summed E-state index contributed by atoms with van der Waals surface area (Å²) in [5, 5.41) is 18.7. The second kappa shape index (κ2) is 6.95. The minimum atomic E-state index is -1.09. The molecule has 0 aromatic heterocycles. The van der Waals surface area contributed by atoms with E-state index in [4.69, 9.17) is 9.94 Å². The van der Waals surface area contributed by atoms with Gasteiger partial charge in [-0.25, -0.2) is 5.21 Å². The van der Waals surface area contributed by atoms with Gasteiger partial charge < -0.3 is 9.94 Å². The molecule has 6 nitrogen and oxygen atoms in total. The highest BCUT2D eigenvalue weighted by Gasteiger charge is 2.25. The zero-order valence-corrected chi connectivity index (χ0v) is 11.9. The Hall–Kier alpha value is -2.54. The van der Waals surface area contributed by atoms with Crippen LogP contribution in [-0.4, -0.2) is 17.0 Å². The third-order valence-electron chi connectivity index (χ3n) is 3.04. The van der Waals surface area contributed by atoms with Gasteiger partial charge in [0.2, 0.25) is 5.78 Å². The first-order chi connectivity index (χ1) is 10.5. The van der Waals surface area contributed by atoms with Crippen molar-refractivity contribution >= 4 is 17.4 Å². The summed E-state index contributed by atoms with van der Waals surface area (Å²) >= 11 is 0. The molecule has 6 heteroatoms. The summed E-state index contributed by atoms with van der Waals surface area (Å²) in [6.07, 6.45) is -1.09. The molecule has 114 valence electrons. The van der Waals surface area contributed by atoms with Crippen LogP contribution < -0.4 is 5.23 Å². The van der Waals surface area contributed by atoms with Crippen LogP contribution in [0.1, 0.15) is 28.9 Å². The van der Waals surface area contributed by atoms with E-state index in [9.17, 15) is 14.8 Å². The van der Waals surface area contributed by atoms with Gasteiger partial charge in [0.25, 0.3) is 0 Å². The average Bonchev–Trinajstić information content (AvgIpc) is 2.53. The van der Waals surface area contributed by atoms with Crippen LogP contribution in [0, 0.1) is 5.21 Å². The van der Waals surface area contributed by atoms with Gasteiger partial charge in [-0.15, -0.1) is 0 Å². The number of ether oxygens (including phenoxy) is 1. The Morgan fingerprint density at radius 2 is 1.68 bits per heavy atom. The maximum absolute atomic E-state index is 12.5. The van der Waals surface area contributed by atoms with Crippen molar-refractivity contribution in [3.05, 3.63) is 70.9 Å². The number of nitrogens with one attached hydrogen (secondary N) is 1. The first-order valence-electron chi connectivity index (χ1n) is 6.59. The van der Waals surface area contributed by atoms with Gasteiger partial charge in [0, 0.05) is 30.2 Å². The van der Waals surface area contributed by atoms with Crippen molar-refractivity contribution in [1.82, 2.24) is 0 Å². The molecule has 2 rings (SSSR count). The monoisotopic (exact) mass is 301 g/mol. The highest BCUT2D eigenvalue weighted by molar-refractivity contribution is 6.00.